The van der Waals surface area contributed by atoms with Crippen LogP contribution < -0.4 is 0 Å². The van der Waals surface area contributed by atoms with E-state index in [-0.39, 0.29) is 11.8 Å². The van der Waals surface area contributed by atoms with Gasteiger partial charge < -0.3 is 10.2 Å². The Kier molecular flexibility index (Phi) is 10.5. The Hall–Kier alpha value is -1.94. The van der Waals surface area contributed by atoms with Crippen LogP contribution in [0.4, 0.5) is 0 Å². The molecule has 1 aromatic carbocycles. The van der Waals surface area contributed by atoms with E-state index < -0.39 is 17.5 Å². The second-order valence-corrected chi connectivity index (χ2v) is 9.39. The van der Waals surface area contributed by atoms with Crippen molar-refractivity contribution >= 4 is 11.8 Å². The van der Waals surface area contributed by atoms with Crippen LogP contribution in [0.1, 0.15) is 96.0 Å². The molecule has 0 aliphatic heterocycles. The van der Waals surface area contributed by atoms with Crippen LogP contribution >= 0.6 is 0 Å². The van der Waals surface area contributed by atoms with Gasteiger partial charge in [-0.2, -0.15) is 0 Å². The Morgan fingerprint density at radius 2 is 1.90 bits per heavy atom. The van der Waals surface area contributed by atoms with Crippen molar-refractivity contribution in [2.45, 2.75) is 96.0 Å². The molecule has 1 fully saturated rings. The van der Waals surface area contributed by atoms with Gasteiger partial charge in [0.1, 0.15) is 5.78 Å². The molecule has 172 valence electrons. The number of rotatable bonds is 14. The van der Waals surface area contributed by atoms with Gasteiger partial charge in [-0.25, -0.2) is 0 Å². The molecule has 2 unspecified atom stereocenters. The Bertz CT molecular complexity index is 707. The van der Waals surface area contributed by atoms with Gasteiger partial charge in [-0.1, -0.05) is 87.9 Å². The minimum atomic E-state index is -0.797. The lowest BCUT2D eigenvalue weighted by Crippen LogP contribution is -2.21. The summed E-state index contributed by atoms with van der Waals surface area (Å²) in [7, 11) is 0. The fraction of sp³-hybridized carbons (Fsp3) is 0.630. The summed E-state index contributed by atoms with van der Waals surface area (Å²) in [5.74, 6) is -0.616. The molecular weight excluding hydrogens is 388 g/mol. The number of carboxylic acid groups (broad SMARTS) is 1. The number of carboxylic acids is 1. The summed E-state index contributed by atoms with van der Waals surface area (Å²) in [5, 5.41) is 20.1. The summed E-state index contributed by atoms with van der Waals surface area (Å²) in [6.45, 7) is 4.01. The van der Waals surface area contributed by atoms with Gasteiger partial charge in [0.15, 0.2) is 0 Å². The Morgan fingerprint density at radius 1 is 1.16 bits per heavy atom. The number of aliphatic hydroxyl groups is 1. The van der Waals surface area contributed by atoms with Crippen molar-refractivity contribution in [3.8, 4) is 0 Å². The standard InChI is InChI=1S/C27H40O4/c1-3-4-11-19-27(2,31)20-18-22-16-17-25(28)23(22)14-9-6-10-15-24(26(29)30)21-12-7-5-8-13-21/h5,7-8,12-13,18,20,22-24,31H,3-4,6,9-11,14-17,19H2,1-2H3,(H,29,30)/b20-18+/t22-,23-,24?,27?/m1/s1. The third-order valence-corrected chi connectivity index (χ3v) is 6.65. The van der Waals surface area contributed by atoms with Crippen molar-refractivity contribution in [1.29, 1.82) is 0 Å². The first-order valence-corrected chi connectivity index (χ1v) is 12.1. The first-order valence-electron chi connectivity index (χ1n) is 12.1. The molecule has 0 radical (unpaired) electrons. The van der Waals surface area contributed by atoms with Gasteiger partial charge in [-0.3, -0.25) is 9.59 Å². The number of carbonyl (C=O) groups is 2. The van der Waals surface area contributed by atoms with E-state index in [0.29, 0.717) is 18.6 Å². The highest BCUT2D eigenvalue weighted by molar-refractivity contribution is 5.83. The van der Waals surface area contributed by atoms with Crippen molar-refractivity contribution < 1.29 is 19.8 Å². The quantitative estimate of drug-likeness (QED) is 0.270. The van der Waals surface area contributed by atoms with Gasteiger partial charge in [0, 0.05) is 12.3 Å². The Labute approximate surface area is 187 Å². The Balaban J connectivity index is 1.78. The minimum absolute atomic E-state index is 0.0482. The molecular formula is C27H40O4. The fourth-order valence-corrected chi connectivity index (χ4v) is 4.69. The number of unbranched alkanes of at least 4 members (excludes halogenated alkanes) is 4. The van der Waals surface area contributed by atoms with E-state index in [2.05, 4.69) is 13.0 Å². The van der Waals surface area contributed by atoms with Crippen LogP contribution in [0.2, 0.25) is 0 Å². The van der Waals surface area contributed by atoms with Crippen LogP contribution in [0.3, 0.4) is 0 Å². The van der Waals surface area contributed by atoms with Gasteiger partial charge in [0.2, 0.25) is 0 Å². The van der Waals surface area contributed by atoms with Gasteiger partial charge in [-0.05, 0) is 44.1 Å². The van der Waals surface area contributed by atoms with Crippen LogP contribution in [-0.4, -0.2) is 27.6 Å². The highest BCUT2D eigenvalue weighted by Gasteiger charge is 2.33. The number of Topliss-reactive ketones (excluding diaryl/α,β-unsaturated/α-hetero) is 1. The SMILES string of the molecule is CCCCCC(C)(O)/C=C/[C@H]1CCC(=O)[C@@H]1CCCCCC(C(=O)O)c1ccccc1. The maximum absolute atomic E-state index is 12.4. The zero-order valence-corrected chi connectivity index (χ0v) is 19.3. The lowest BCUT2D eigenvalue weighted by atomic mass is 9.87. The van der Waals surface area contributed by atoms with Crippen molar-refractivity contribution in [2.75, 3.05) is 0 Å². The van der Waals surface area contributed by atoms with Crippen LogP contribution in [0.15, 0.2) is 42.5 Å². The van der Waals surface area contributed by atoms with Crippen molar-refractivity contribution in [3.63, 3.8) is 0 Å². The second-order valence-electron chi connectivity index (χ2n) is 9.39. The van der Waals surface area contributed by atoms with Crippen molar-refractivity contribution in [2.24, 2.45) is 11.8 Å². The first kappa shape index (κ1) is 25.3. The van der Waals surface area contributed by atoms with E-state index in [9.17, 15) is 19.8 Å². The number of hydrogen-bond donors (Lipinski definition) is 2. The third kappa shape index (κ3) is 8.60. The van der Waals surface area contributed by atoms with E-state index in [4.69, 9.17) is 0 Å². The molecule has 1 aromatic rings. The lowest BCUT2D eigenvalue weighted by molar-refractivity contribution is -0.139. The highest BCUT2D eigenvalue weighted by Crippen LogP contribution is 2.35. The summed E-state index contributed by atoms with van der Waals surface area (Å²) >= 11 is 0. The average Bonchev–Trinajstić information content (AvgIpc) is 3.09. The van der Waals surface area contributed by atoms with Gasteiger partial charge in [0.25, 0.3) is 0 Å². The number of allylic oxidation sites excluding steroid dienone is 1. The molecule has 0 bridgehead atoms. The molecule has 1 aliphatic carbocycles. The molecule has 0 aromatic heterocycles. The number of aliphatic carboxylic acids is 1. The summed E-state index contributed by atoms with van der Waals surface area (Å²) in [6.07, 6.45) is 13.7. The molecule has 1 aliphatic rings. The number of ketones is 1. The normalized spacial score (nSPS) is 22.0. The van der Waals surface area contributed by atoms with Gasteiger partial charge >= 0.3 is 5.97 Å². The molecule has 0 heterocycles. The predicted molar refractivity (Wildman–Crippen MR) is 125 cm³/mol. The number of hydrogen-bond acceptors (Lipinski definition) is 3. The summed E-state index contributed by atoms with van der Waals surface area (Å²) in [5.41, 5.74) is 0.0615. The summed E-state index contributed by atoms with van der Waals surface area (Å²) < 4.78 is 0. The minimum Gasteiger partial charge on any atom is -0.481 e. The van der Waals surface area contributed by atoms with Gasteiger partial charge in [0.05, 0.1) is 11.5 Å². The molecule has 2 N–H and O–H groups in total. The molecule has 4 nitrogen and oxygen atoms in total. The average molecular weight is 429 g/mol. The third-order valence-electron chi connectivity index (χ3n) is 6.65. The monoisotopic (exact) mass is 428 g/mol. The fourth-order valence-electron chi connectivity index (χ4n) is 4.69. The zero-order chi connectivity index (χ0) is 22.7. The van der Waals surface area contributed by atoms with Crippen molar-refractivity contribution in [1.82, 2.24) is 0 Å². The van der Waals surface area contributed by atoms with E-state index >= 15 is 0 Å². The molecule has 4 atom stereocenters. The lowest BCUT2D eigenvalue weighted by Gasteiger charge is -2.21. The van der Waals surface area contributed by atoms with E-state index in [1.54, 1.807) is 0 Å². The maximum atomic E-state index is 12.4. The van der Waals surface area contributed by atoms with Crippen LogP contribution in [0.5, 0.6) is 0 Å². The topological polar surface area (TPSA) is 74.6 Å². The molecule has 0 spiro atoms. The van der Waals surface area contributed by atoms with Crippen LogP contribution in [0, 0.1) is 11.8 Å². The molecule has 4 heteroatoms. The molecule has 2 rings (SSSR count). The first-order chi connectivity index (χ1) is 14.8. The maximum Gasteiger partial charge on any atom is 0.310 e. The Morgan fingerprint density at radius 3 is 2.58 bits per heavy atom. The van der Waals surface area contributed by atoms with Gasteiger partial charge in [-0.15, -0.1) is 0 Å². The molecule has 0 saturated heterocycles. The van der Waals surface area contributed by atoms with Crippen LogP contribution in [-0.2, 0) is 9.59 Å². The van der Waals surface area contributed by atoms with E-state index in [1.165, 1.54) is 0 Å². The molecule has 1 saturated carbocycles. The highest BCUT2D eigenvalue weighted by atomic mass is 16.4. The predicted octanol–water partition coefficient (Wildman–Crippen LogP) is 6.29. The van der Waals surface area contributed by atoms with Crippen LogP contribution in [0.25, 0.3) is 0 Å². The second kappa shape index (κ2) is 12.8. The number of benzene rings is 1. The largest absolute Gasteiger partial charge is 0.481 e. The summed E-state index contributed by atoms with van der Waals surface area (Å²) in [6, 6.07) is 9.42. The smallest absolute Gasteiger partial charge is 0.310 e. The zero-order valence-electron chi connectivity index (χ0n) is 19.3. The number of carbonyl (C=O) groups excluding carboxylic acids is 1. The molecule has 0 amide bonds. The van der Waals surface area contributed by atoms with Crippen molar-refractivity contribution in [3.05, 3.63) is 48.0 Å². The summed E-state index contributed by atoms with van der Waals surface area (Å²) in [4.78, 5) is 24.0. The van der Waals surface area contributed by atoms with E-state index in [0.717, 1.165) is 63.4 Å². The van der Waals surface area contributed by atoms with E-state index in [1.807, 2.05) is 43.3 Å². The molecule has 31 heavy (non-hydrogen) atoms.